The van der Waals surface area contributed by atoms with Crippen molar-refractivity contribution >= 4 is 5.97 Å². The van der Waals surface area contributed by atoms with Gasteiger partial charge in [-0.3, -0.25) is 9.69 Å². The summed E-state index contributed by atoms with van der Waals surface area (Å²) in [7, 11) is 0. The first kappa shape index (κ1) is 12.9. The molecule has 5 heteroatoms. The van der Waals surface area contributed by atoms with Gasteiger partial charge in [0.2, 0.25) is 0 Å². The predicted molar refractivity (Wildman–Crippen MR) is 65.4 cm³/mol. The van der Waals surface area contributed by atoms with E-state index in [0.717, 1.165) is 12.1 Å². The van der Waals surface area contributed by atoms with Gasteiger partial charge >= 0.3 is 5.97 Å². The standard InChI is InChI=1S/C13H17NO4/c15-11-3-1-2-10(6-11)8-14-4-5-18-12(9-14)7-13(16)17/h1-3,6,12,15H,4-5,7-9H2,(H,16,17). The molecule has 0 aromatic heterocycles. The van der Waals surface area contributed by atoms with Crippen LogP contribution >= 0.6 is 0 Å². The molecule has 1 unspecified atom stereocenters. The lowest BCUT2D eigenvalue weighted by atomic mass is 10.1. The Morgan fingerprint density at radius 2 is 2.33 bits per heavy atom. The SMILES string of the molecule is O=C(O)CC1CN(Cc2cccc(O)c2)CCO1. The van der Waals surface area contributed by atoms with Crippen LogP contribution in [0, 0.1) is 0 Å². The van der Waals surface area contributed by atoms with Crippen LogP contribution in [0.3, 0.4) is 0 Å². The number of aliphatic carboxylic acids is 1. The van der Waals surface area contributed by atoms with Crippen molar-refractivity contribution in [1.29, 1.82) is 0 Å². The van der Waals surface area contributed by atoms with Crippen molar-refractivity contribution in [2.75, 3.05) is 19.7 Å². The fourth-order valence-corrected chi connectivity index (χ4v) is 2.16. The zero-order valence-electron chi connectivity index (χ0n) is 10.1. The molecule has 1 fully saturated rings. The van der Waals surface area contributed by atoms with Crippen molar-refractivity contribution in [1.82, 2.24) is 4.90 Å². The Morgan fingerprint density at radius 1 is 1.50 bits per heavy atom. The van der Waals surface area contributed by atoms with Crippen molar-refractivity contribution in [3.05, 3.63) is 29.8 Å². The topological polar surface area (TPSA) is 70.0 Å². The highest BCUT2D eigenvalue weighted by Crippen LogP contribution is 2.16. The number of aromatic hydroxyl groups is 1. The van der Waals surface area contributed by atoms with Gasteiger partial charge in [-0.1, -0.05) is 12.1 Å². The summed E-state index contributed by atoms with van der Waals surface area (Å²) in [5, 5.41) is 18.1. The highest BCUT2D eigenvalue weighted by Gasteiger charge is 2.22. The Morgan fingerprint density at radius 3 is 3.06 bits per heavy atom. The van der Waals surface area contributed by atoms with Gasteiger partial charge in [0.25, 0.3) is 0 Å². The molecule has 1 saturated heterocycles. The molecule has 2 rings (SSSR count). The summed E-state index contributed by atoms with van der Waals surface area (Å²) in [6, 6.07) is 7.11. The van der Waals surface area contributed by atoms with Gasteiger partial charge in [0.1, 0.15) is 5.75 Å². The molecule has 18 heavy (non-hydrogen) atoms. The molecule has 0 amide bonds. The number of carbonyl (C=O) groups is 1. The molecule has 0 bridgehead atoms. The minimum atomic E-state index is -0.834. The van der Waals surface area contributed by atoms with Gasteiger partial charge in [0, 0.05) is 19.6 Å². The van der Waals surface area contributed by atoms with Gasteiger partial charge in [-0.2, -0.15) is 0 Å². The smallest absolute Gasteiger partial charge is 0.306 e. The first-order valence-electron chi connectivity index (χ1n) is 5.97. The van der Waals surface area contributed by atoms with E-state index in [1.807, 2.05) is 6.07 Å². The van der Waals surface area contributed by atoms with Crippen LogP contribution in [-0.4, -0.2) is 46.9 Å². The Bertz CT molecular complexity index is 421. The molecule has 0 aliphatic carbocycles. The van der Waals surface area contributed by atoms with E-state index in [1.54, 1.807) is 18.2 Å². The van der Waals surface area contributed by atoms with E-state index in [-0.39, 0.29) is 18.3 Å². The normalized spacial score (nSPS) is 20.8. The minimum Gasteiger partial charge on any atom is -0.508 e. The molecule has 1 heterocycles. The lowest BCUT2D eigenvalue weighted by molar-refractivity contribution is -0.142. The van der Waals surface area contributed by atoms with Gasteiger partial charge in [0.15, 0.2) is 0 Å². The van der Waals surface area contributed by atoms with Crippen molar-refractivity contribution in [3.8, 4) is 5.75 Å². The number of hydrogen-bond donors (Lipinski definition) is 2. The summed E-state index contributed by atoms with van der Waals surface area (Å²) in [5.74, 6) is -0.581. The fourth-order valence-electron chi connectivity index (χ4n) is 2.16. The third-order valence-electron chi connectivity index (χ3n) is 2.94. The summed E-state index contributed by atoms with van der Waals surface area (Å²) in [4.78, 5) is 12.8. The Balaban J connectivity index is 1.91. The number of nitrogens with zero attached hydrogens (tertiary/aromatic N) is 1. The van der Waals surface area contributed by atoms with E-state index in [4.69, 9.17) is 9.84 Å². The second kappa shape index (κ2) is 5.84. The van der Waals surface area contributed by atoms with Crippen LogP contribution < -0.4 is 0 Å². The minimum absolute atomic E-state index is 0.0382. The molecule has 1 atom stereocenters. The summed E-state index contributed by atoms with van der Waals surface area (Å²) in [6.45, 7) is 2.65. The molecule has 0 radical (unpaired) electrons. The molecule has 1 aliphatic heterocycles. The molecule has 1 aromatic rings. The summed E-state index contributed by atoms with van der Waals surface area (Å²) in [6.07, 6.45) is -0.204. The van der Waals surface area contributed by atoms with Crippen molar-refractivity contribution < 1.29 is 19.7 Å². The maximum atomic E-state index is 10.6. The number of phenols is 1. The van der Waals surface area contributed by atoms with Crippen molar-refractivity contribution in [2.45, 2.75) is 19.1 Å². The third kappa shape index (κ3) is 3.72. The molecule has 2 N–H and O–H groups in total. The Labute approximate surface area is 106 Å². The van der Waals surface area contributed by atoms with Crippen LogP contribution in [0.25, 0.3) is 0 Å². The van der Waals surface area contributed by atoms with Crippen molar-refractivity contribution in [2.24, 2.45) is 0 Å². The lowest BCUT2D eigenvalue weighted by Crippen LogP contribution is -2.42. The average molecular weight is 251 g/mol. The number of benzene rings is 1. The van der Waals surface area contributed by atoms with Gasteiger partial charge in [0.05, 0.1) is 19.1 Å². The van der Waals surface area contributed by atoms with E-state index >= 15 is 0 Å². The van der Waals surface area contributed by atoms with Gasteiger partial charge in [-0.15, -0.1) is 0 Å². The summed E-state index contributed by atoms with van der Waals surface area (Å²) in [5.41, 5.74) is 1.02. The van der Waals surface area contributed by atoms with Crippen LogP contribution in [-0.2, 0) is 16.1 Å². The van der Waals surface area contributed by atoms with Crippen LogP contribution in [0.2, 0.25) is 0 Å². The second-order valence-corrected chi connectivity index (χ2v) is 4.50. The number of phenolic OH excluding ortho intramolecular Hbond substituents is 1. The Hall–Kier alpha value is -1.59. The molecular formula is C13H17NO4. The number of hydrogen-bond acceptors (Lipinski definition) is 4. The maximum Gasteiger partial charge on any atom is 0.306 e. The van der Waals surface area contributed by atoms with Crippen LogP contribution in [0.15, 0.2) is 24.3 Å². The van der Waals surface area contributed by atoms with Gasteiger partial charge in [-0.25, -0.2) is 0 Å². The molecule has 1 aliphatic rings. The number of carboxylic acids is 1. The number of ether oxygens (including phenoxy) is 1. The summed E-state index contributed by atoms with van der Waals surface area (Å²) >= 11 is 0. The zero-order chi connectivity index (χ0) is 13.0. The highest BCUT2D eigenvalue weighted by molar-refractivity contribution is 5.67. The van der Waals surface area contributed by atoms with E-state index in [1.165, 1.54) is 0 Å². The maximum absolute atomic E-state index is 10.6. The summed E-state index contributed by atoms with van der Waals surface area (Å²) < 4.78 is 5.41. The molecule has 0 saturated carbocycles. The number of rotatable bonds is 4. The van der Waals surface area contributed by atoms with Gasteiger partial charge < -0.3 is 14.9 Å². The molecule has 1 aromatic carbocycles. The predicted octanol–water partition coefficient (Wildman–Crippen LogP) is 1.07. The highest BCUT2D eigenvalue weighted by atomic mass is 16.5. The van der Waals surface area contributed by atoms with E-state index in [2.05, 4.69) is 4.90 Å². The van der Waals surface area contributed by atoms with Crippen molar-refractivity contribution in [3.63, 3.8) is 0 Å². The molecule has 98 valence electrons. The largest absolute Gasteiger partial charge is 0.508 e. The van der Waals surface area contributed by atoms with Crippen LogP contribution in [0.4, 0.5) is 0 Å². The van der Waals surface area contributed by atoms with E-state index < -0.39 is 5.97 Å². The fraction of sp³-hybridized carbons (Fsp3) is 0.462. The third-order valence-corrected chi connectivity index (χ3v) is 2.94. The van der Waals surface area contributed by atoms with E-state index in [0.29, 0.717) is 19.7 Å². The number of morpholine rings is 1. The van der Waals surface area contributed by atoms with Crippen LogP contribution in [0.1, 0.15) is 12.0 Å². The second-order valence-electron chi connectivity index (χ2n) is 4.50. The molecule has 5 nitrogen and oxygen atoms in total. The van der Waals surface area contributed by atoms with Crippen LogP contribution in [0.5, 0.6) is 5.75 Å². The first-order chi connectivity index (χ1) is 8.63. The Kier molecular flexibility index (Phi) is 4.17. The monoisotopic (exact) mass is 251 g/mol. The zero-order valence-corrected chi connectivity index (χ0v) is 10.1. The van der Waals surface area contributed by atoms with Gasteiger partial charge in [-0.05, 0) is 17.7 Å². The molecule has 0 spiro atoms. The quantitative estimate of drug-likeness (QED) is 0.837. The number of carboxylic acid groups (broad SMARTS) is 1. The average Bonchev–Trinajstić information content (AvgIpc) is 2.28. The molecular weight excluding hydrogens is 234 g/mol. The lowest BCUT2D eigenvalue weighted by Gasteiger charge is -2.32. The first-order valence-corrected chi connectivity index (χ1v) is 5.97. The van der Waals surface area contributed by atoms with E-state index in [9.17, 15) is 9.90 Å².